The molecule has 3 nitrogen and oxygen atoms in total. The quantitative estimate of drug-likeness (QED) is 0.670. The van der Waals surface area contributed by atoms with Crippen LogP contribution in [0.1, 0.15) is 28.2 Å². The van der Waals surface area contributed by atoms with Gasteiger partial charge in [0, 0.05) is 11.5 Å². The second kappa shape index (κ2) is 8.02. The number of hydrogen-bond donors (Lipinski definition) is 1. The summed E-state index contributed by atoms with van der Waals surface area (Å²) in [7, 11) is 0. The van der Waals surface area contributed by atoms with Crippen LogP contribution in [-0.2, 0) is 4.74 Å². The van der Waals surface area contributed by atoms with E-state index in [1.54, 1.807) is 0 Å². The summed E-state index contributed by atoms with van der Waals surface area (Å²) < 4.78 is 5.50. The van der Waals surface area contributed by atoms with Crippen molar-refractivity contribution in [3.05, 3.63) is 95.1 Å². The van der Waals surface area contributed by atoms with Gasteiger partial charge in [0.05, 0.1) is 6.54 Å². The van der Waals surface area contributed by atoms with Gasteiger partial charge in [-0.25, -0.2) is 4.79 Å². The van der Waals surface area contributed by atoms with E-state index in [1.807, 2.05) is 55.5 Å². The van der Waals surface area contributed by atoms with Gasteiger partial charge >= 0.3 is 6.09 Å². The van der Waals surface area contributed by atoms with Crippen LogP contribution in [0.15, 0.2) is 72.8 Å². The summed E-state index contributed by atoms with van der Waals surface area (Å²) in [6, 6.07) is 24.5. The first kappa shape index (κ1) is 17.9. The van der Waals surface area contributed by atoms with Crippen molar-refractivity contribution in [3.63, 3.8) is 0 Å². The molecule has 0 unspecified atom stereocenters. The highest BCUT2D eigenvalue weighted by molar-refractivity contribution is 5.79. The number of nitrogens with one attached hydrogen (secondary N) is 1. The molecule has 0 aromatic heterocycles. The molecule has 0 spiro atoms. The highest BCUT2D eigenvalue weighted by Crippen LogP contribution is 2.44. The van der Waals surface area contributed by atoms with Crippen LogP contribution in [0, 0.1) is 18.8 Å². The summed E-state index contributed by atoms with van der Waals surface area (Å²) in [4.78, 5) is 12.1. The van der Waals surface area contributed by atoms with Crippen LogP contribution in [0.3, 0.4) is 0 Å². The predicted molar refractivity (Wildman–Crippen MR) is 111 cm³/mol. The van der Waals surface area contributed by atoms with Gasteiger partial charge in [-0.3, -0.25) is 0 Å². The molecule has 0 saturated carbocycles. The number of hydrogen-bond acceptors (Lipinski definition) is 2. The first-order valence-electron chi connectivity index (χ1n) is 9.37. The largest absolute Gasteiger partial charge is 0.449 e. The summed E-state index contributed by atoms with van der Waals surface area (Å²) >= 11 is 0. The van der Waals surface area contributed by atoms with E-state index in [4.69, 9.17) is 4.74 Å². The normalized spacial score (nSPS) is 11.8. The molecule has 4 rings (SSSR count). The summed E-state index contributed by atoms with van der Waals surface area (Å²) in [6.45, 7) is 2.58. The van der Waals surface area contributed by atoms with Crippen molar-refractivity contribution in [2.24, 2.45) is 0 Å². The molecule has 1 amide bonds. The Bertz CT molecular complexity index is 1030. The van der Waals surface area contributed by atoms with Gasteiger partial charge in [0.15, 0.2) is 0 Å². The van der Waals surface area contributed by atoms with Crippen molar-refractivity contribution in [2.45, 2.75) is 12.8 Å². The minimum atomic E-state index is -0.444. The zero-order valence-corrected chi connectivity index (χ0v) is 15.7. The van der Waals surface area contributed by atoms with Crippen molar-refractivity contribution < 1.29 is 9.53 Å². The van der Waals surface area contributed by atoms with Gasteiger partial charge in [-0.15, -0.1) is 0 Å². The summed E-state index contributed by atoms with van der Waals surface area (Å²) in [6.07, 6.45) is -0.444. The van der Waals surface area contributed by atoms with E-state index in [-0.39, 0.29) is 12.5 Å². The minimum absolute atomic E-state index is 0.0659. The minimum Gasteiger partial charge on any atom is -0.449 e. The average molecular weight is 367 g/mol. The lowest BCUT2D eigenvalue weighted by molar-refractivity contribution is 0.144. The second-order valence-corrected chi connectivity index (χ2v) is 6.80. The fourth-order valence-electron chi connectivity index (χ4n) is 3.62. The smallest absolute Gasteiger partial charge is 0.407 e. The first-order chi connectivity index (χ1) is 13.7. The van der Waals surface area contributed by atoms with Crippen LogP contribution < -0.4 is 5.32 Å². The predicted octanol–water partition coefficient (Wildman–Crippen LogP) is 4.89. The summed E-state index contributed by atoms with van der Waals surface area (Å²) in [5, 5.41) is 2.71. The number of aryl methyl sites for hydroxylation is 1. The highest BCUT2D eigenvalue weighted by Gasteiger charge is 2.28. The maximum Gasteiger partial charge on any atom is 0.407 e. The molecule has 0 radical (unpaired) electrons. The Kier molecular flexibility index (Phi) is 5.12. The lowest BCUT2D eigenvalue weighted by Gasteiger charge is -2.14. The van der Waals surface area contributed by atoms with Gasteiger partial charge in [0.1, 0.15) is 6.61 Å². The van der Waals surface area contributed by atoms with Crippen molar-refractivity contribution in [3.8, 4) is 23.0 Å². The fourth-order valence-corrected chi connectivity index (χ4v) is 3.62. The zero-order chi connectivity index (χ0) is 19.3. The van der Waals surface area contributed by atoms with Gasteiger partial charge in [0.2, 0.25) is 0 Å². The van der Waals surface area contributed by atoms with Crippen LogP contribution in [0.5, 0.6) is 0 Å². The average Bonchev–Trinajstić information content (AvgIpc) is 3.05. The van der Waals surface area contributed by atoms with Gasteiger partial charge < -0.3 is 10.1 Å². The van der Waals surface area contributed by atoms with Crippen molar-refractivity contribution in [2.75, 3.05) is 13.2 Å². The standard InChI is InChI=1S/C25H21NO2/c1-18-9-2-3-10-19(18)11-8-16-26-25(27)28-17-24-22-14-6-4-12-20(22)21-13-5-7-15-23(21)24/h2-7,9-10,12-15,24H,16-17H2,1H3,(H,26,27). The van der Waals surface area contributed by atoms with Gasteiger partial charge in [-0.2, -0.15) is 0 Å². The van der Waals surface area contributed by atoms with E-state index in [2.05, 4.69) is 41.4 Å². The monoisotopic (exact) mass is 367 g/mol. The number of fused-ring (bicyclic) bond motifs is 3. The molecule has 138 valence electrons. The molecule has 0 heterocycles. The van der Waals surface area contributed by atoms with Crippen molar-refractivity contribution in [1.29, 1.82) is 0 Å². The molecule has 3 heteroatoms. The Morgan fingerprint density at radius 2 is 1.54 bits per heavy atom. The Hall–Kier alpha value is -3.51. The third-order valence-corrected chi connectivity index (χ3v) is 5.03. The van der Waals surface area contributed by atoms with Gasteiger partial charge in [-0.1, -0.05) is 78.6 Å². The van der Waals surface area contributed by atoms with E-state index in [0.29, 0.717) is 6.61 Å². The number of carbonyl (C=O) groups excluding carboxylic acids is 1. The van der Waals surface area contributed by atoms with Crippen molar-refractivity contribution in [1.82, 2.24) is 5.32 Å². The molecule has 1 aliphatic rings. The molecule has 0 fully saturated rings. The molecule has 0 atom stereocenters. The van der Waals surface area contributed by atoms with Crippen LogP contribution in [0.4, 0.5) is 4.79 Å². The van der Waals surface area contributed by atoms with E-state index in [9.17, 15) is 4.79 Å². The van der Waals surface area contributed by atoms with Crippen LogP contribution in [-0.4, -0.2) is 19.2 Å². The topological polar surface area (TPSA) is 38.3 Å². The van der Waals surface area contributed by atoms with E-state index < -0.39 is 6.09 Å². The summed E-state index contributed by atoms with van der Waals surface area (Å²) in [5.74, 6) is 6.11. The molecular weight excluding hydrogens is 346 g/mol. The van der Waals surface area contributed by atoms with E-state index >= 15 is 0 Å². The van der Waals surface area contributed by atoms with Crippen molar-refractivity contribution >= 4 is 6.09 Å². The summed E-state index contributed by atoms with van der Waals surface area (Å²) in [5.41, 5.74) is 6.94. The zero-order valence-electron chi connectivity index (χ0n) is 15.7. The number of amides is 1. The molecule has 0 saturated heterocycles. The molecular formula is C25H21NO2. The molecule has 1 aliphatic carbocycles. The Morgan fingerprint density at radius 3 is 2.21 bits per heavy atom. The molecule has 28 heavy (non-hydrogen) atoms. The molecule has 3 aromatic carbocycles. The molecule has 1 N–H and O–H groups in total. The molecule has 3 aromatic rings. The SMILES string of the molecule is Cc1ccccc1C#CCNC(=O)OCC1c2ccccc2-c2ccccc21. The number of ether oxygens (including phenoxy) is 1. The number of alkyl carbamates (subject to hydrolysis) is 1. The fraction of sp³-hybridized carbons (Fsp3) is 0.160. The van der Waals surface area contributed by atoms with E-state index in [0.717, 1.165) is 11.1 Å². The van der Waals surface area contributed by atoms with Gasteiger partial charge in [0.25, 0.3) is 0 Å². The van der Waals surface area contributed by atoms with Crippen LogP contribution >= 0.6 is 0 Å². The Balaban J connectivity index is 1.36. The molecule has 0 bridgehead atoms. The number of rotatable bonds is 3. The third-order valence-electron chi connectivity index (χ3n) is 5.03. The number of benzene rings is 3. The number of carbonyl (C=O) groups is 1. The highest BCUT2D eigenvalue weighted by atomic mass is 16.5. The Morgan fingerprint density at radius 1 is 0.929 bits per heavy atom. The maximum atomic E-state index is 12.1. The van der Waals surface area contributed by atoms with Crippen LogP contribution in [0.2, 0.25) is 0 Å². The van der Waals surface area contributed by atoms with E-state index in [1.165, 1.54) is 22.3 Å². The van der Waals surface area contributed by atoms with Gasteiger partial charge in [-0.05, 0) is 40.8 Å². The van der Waals surface area contributed by atoms with Crippen LogP contribution in [0.25, 0.3) is 11.1 Å². The maximum absolute atomic E-state index is 12.1. The lowest BCUT2D eigenvalue weighted by Crippen LogP contribution is -2.26. The lowest BCUT2D eigenvalue weighted by atomic mass is 9.98. The second-order valence-electron chi connectivity index (χ2n) is 6.80. The molecule has 0 aliphatic heterocycles. The third kappa shape index (κ3) is 3.63. The Labute approximate surface area is 165 Å². The first-order valence-corrected chi connectivity index (χ1v) is 9.37.